The van der Waals surface area contributed by atoms with E-state index in [1.165, 1.54) is 38.8 Å². The van der Waals surface area contributed by atoms with Crippen LogP contribution in [-0.4, -0.2) is 68.3 Å². The van der Waals surface area contributed by atoms with Gasteiger partial charge in [-0.2, -0.15) is 0 Å². The Labute approximate surface area is 105 Å². The molecule has 3 atom stereocenters. The van der Waals surface area contributed by atoms with E-state index in [2.05, 4.69) is 23.9 Å². The van der Waals surface area contributed by atoms with Crippen LogP contribution in [0, 0.1) is 0 Å². The molecule has 17 heavy (non-hydrogen) atoms. The van der Waals surface area contributed by atoms with Crippen LogP contribution in [-0.2, 0) is 4.74 Å². The molecule has 0 aromatic rings. The van der Waals surface area contributed by atoms with Crippen LogP contribution in [0.3, 0.4) is 0 Å². The average molecular weight is 241 g/mol. The van der Waals surface area contributed by atoms with Crippen LogP contribution in [0.1, 0.15) is 25.7 Å². The van der Waals surface area contributed by atoms with E-state index < -0.39 is 0 Å². The molecular weight excluding hydrogens is 214 g/mol. The Bertz CT molecular complexity index is 231. The lowest BCUT2D eigenvalue weighted by molar-refractivity contribution is 0.00679. The van der Waals surface area contributed by atoms with Crippen LogP contribution in [0.2, 0.25) is 0 Å². The molecule has 3 unspecified atom stereocenters. The van der Waals surface area contributed by atoms with Crippen LogP contribution in [0.15, 0.2) is 0 Å². The van der Waals surface area contributed by atoms with Gasteiger partial charge in [0.05, 0.1) is 6.10 Å². The van der Waals surface area contributed by atoms with E-state index in [4.69, 9.17) is 10.5 Å². The van der Waals surface area contributed by atoms with Gasteiger partial charge in [-0.1, -0.05) is 0 Å². The SMILES string of the molecule is CN1CCCC(N(C)C(CN)C2CCCO2)C1. The van der Waals surface area contributed by atoms with E-state index in [1.54, 1.807) is 0 Å². The summed E-state index contributed by atoms with van der Waals surface area (Å²) < 4.78 is 5.81. The third kappa shape index (κ3) is 3.19. The van der Waals surface area contributed by atoms with Gasteiger partial charge in [0, 0.05) is 31.8 Å². The topological polar surface area (TPSA) is 41.7 Å². The Morgan fingerprint density at radius 3 is 2.82 bits per heavy atom. The van der Waals surface area contributed by atoms with E-state index >= 15 is 0 Å². The smallest absolute Gasteiger partial charge is 0.0743 e. The Balaban J connectivity index is 1.93. The van der Waals surface area contributed by atoms with Gasteiger partial charge in [-0.05, 0) is 46.3 Å². The minimum absolute atomic E-state index is 0.359. The van der Waals surface area contributed by atoms with E-state index in [9.17, 15) is 0 Å². The maximum atomic E-state index is 5.96. The van der Waals surface area contributed by atoms with Crippen molar-refractivity contribution in [2.24, 2.45) is 5.73 Å². The molecule has 0 radical (unpaired) electrons. The lowest BCUT2D eigenvalue weighted by Gasteiger charge is -2.41. The lowest BCUT2D eigenvalue weighted by atomic mass is 10.00. The summed E-state index contributed by atoms with van der Waals surface area (Å²) >= 11 is 0. The number of hydrogen-bond donors (Lipinski definition) is 1. The van der Waals surface area contributed by atoms with Crippen LogP contribution in [0.5, 0.6) is 0 Å². The molecule has 2 aliphatic heterocycles. The molecule has 2 aliphatic rings. The number of piperidine rings is 1. The van der Waals surface area contributed by atoms with Crippen LogP contribution in [0.4, 0.5) is 0 Å². The summed E-state index contributed by atoms with van der Waals surface area (Å²) in [5.74, 6) is 0. The first-order valence-electron chi connectivity index (χ1n) is 6.94. The summed E-state index contributed by atoms with van der Waals surface area (Å²) in [5, 5.41) is 0. The number of likely N-dealkylation sites (tertiary alicyclic amines) is 1. The largest absolute Gasteiger partial charge is 0.377 e. The van der Waals surface area contributed by atoms with Crippen molar-refractivity contribution in [3.8, 4) is 0 Å². The van der Waals surface area contributed by atoms with Crippen molar-refractivity contribution in [1.82, 2.24) is 9.80 Å². The normalized spacial score (nSPS) is 33.2. The first-order valence-corrected chi connectivity index (χ1v) is 6.94. The van der Waals surface area contributed by atoms with E-state index in [0.717, 1.165) is 6.61 Å². The van der Waals surface area contributed by atoms with E-state index in [1.807, 2.05) is 0 Å². The molecule has 2 heterocycles. The quantitative estimate of drug-likeness (QED) is 0.779. The molecule has 0 aromatic carbocycles. The minimum Gasteiger partial charge on any atom is -0.377 e. The average Bonchev–Trinajstić information content (AvgIpc) is 2.83. The highest BCUT2D eigenvalue weighted by molar-refractivity contribution is 4.88. The molecule has 2 N–H and O–H groups in total. The zero-order valence-electron chi connectivity index (χ0n) is 11.3. The highest BCUT2D eigenvalue weighted by Crippen LogP contribution is 2.22. The molecule has 2 saturated heterocycles. The molecule has 0 bridgehead atoms. The Morgan fingerprint density at radius 2 is 2.24 bits per heavy atom. The third-order valence-electron chi connectivity index (χ3n) is 4.33. The second-order valence-electron chi connectivity index (χ2n) is 5.58. The summed E-state index contributed by atoms with van der Waals surface area (Å²) in [4.78, 5) is 4.90. The lowest BCUT2D eigenvalue weighted by Crippen LogP contribution is -2.54. The maximum absolute atomic E-state index is 5.96. The van der Waals surface area contributed by atoms with Gasteiger partial charge in [0.1, 0.15) is 0 Å². The fraction of sp³-hybridized carbons (Fsp3) is 1.00. The van der Waals surface area contributed by atoms with Gasteiger partial charge in [-0.15, -0.1) is 0 Å². The predicted molar refractivity (Wildman–Crippen MR) is 70.1 cm³/mol. The van der Waals surface area contributed by atoms with E-state index in [-0.39, 0.29) is 0 Å². The van der Waals surface area contributed by atoms with Crippen molar-refractivity contribution in [2.75, 3.05) is 40.3 Å². The fourth-order valence-electron chi connectivity index (χ4n) is 3.23. The van der Waals surface area contributed by atoms with Crippen LogP contribution < -0.4 is 5.73 Å². The van der Waals surface area contributed by atoms with Gasteiger partial charge in [0.2, 0.25) is 0 Å². The van der Waals surface area contributed by atoms with Crippen molar-refractivity contribution in [3.63, 3.8) is 0 Å². The zero-order valence-corrected chi connectivity index (χ0v) is 11.3. The second-order valence-corrected chi connectivity index (χ2v) is 5.58. The number of likely N-dealkylation sites (N-methyl/N-ethyl adjacent to an activating group) is 2. The first-order chi connectivity index (χ1) is 8.22. The summed E-state index contributed by atoms with van der Waals surface area (Å²) in [5.41, 5.74) is 5.96. The van der Waals surface area contributed by atoms with Gasteiger partial charge in [-0.25, -0.2) is 0 Å². The number of rotatable bonds is 4. The summed E-state index contributed by atoms with van der Waals surface area (Å²) in [6.07, 6.45) is 5.32. The molecular formula is C13H27N3O. The summed E-state index contributed by atoms with van der Waals surface area (Å²) in [6.45, 7) is 4.03. The van der Waals surface area contributed by atoms with Crippen molar-refractivity contribution >= 4 is 0 Å². The molecule has 100 valence electrons. The highest BCUT2D eigenvalue weighted by Gasteiger charge is 2.32. The van der Waals surface area contributed by atoms with Gasteiger partial charge >= 0.3 is 0 Å². The molecule has 2 rings (SSSR count). The molecule has 0 amide bonds. The number of nitrogens with two attached hydrogens (primary N) is 1. The Hall–Kier alpha value is -0.160. The van der Waals surface area contributed by atoms with Gasteiger partial charge in [0.25, 0.3) is 0 Å². The standard InChI is InChI=1S/C13H27N3O/c1-15-7-3-5-11(10-15)16(2)12(9-14)13-6-4-8-17-13/h11-13H,3-10,14H2,1-2H3. The number of hydrogen-bond acceptors (Lipinski definition) is 4. The molecule has 0 spiro atoms. The van der Waals surface area contributed by atoms with Crippen molar-refractivity contribution in [3.05, 3.63) is 0 Å². The van der Waals surface area contributed by atoms with Crippen molar-refractivity contribution in [2.45, 2.75) is 43.9 Å². The summed E-state index contributed by atoms with van der Waals surface area (Å²) in [6, 6.07) is 1.04. The zero-order chi connectivity index (χ0) is 12.3. The molecule has 2 fully saturated rings. The number of nitrogens with zero attached hydrogens (tertiary/aromatic N) is 2. The van der Waals surface area contributed by atoms with Crippen LogP contribution >= 0.6 is 0 Å². The molecule has 0 aliphatic carbocycles. The summed E-state index contributed by atoms with van der Waals surface area (Å²) in [7, 11) is 4.44. The van der Waals surface area contributed by atoms with Crippen LogP contribution in [0.25, 0.3) is 0 Å². The van der Waals surface area contributed by atoms with E-state index in [0.29, 0.717) is 24.7 Å². The monoisotopic (exact) mass is 241 g/mol. The second kappa shape index (κ2) is 6.14. The van der Waals surface area contributed by atoms with Crippen molar-refractivity contribution < 1.29 is 4.74 Å². The molecule has 4 nitrogen and oxygen atoms in total. The highest BCUT2D eigenvalue weighted by atomic mass is 16.5. The Morgan fingerprint density at radius 1 is 1.41 bits per heavy atom. The predicted octanol–water partition coefficient (Wildman–Crippen LogP) is 0.519. The molecule has 4 heteroatoms. The van der Waals surface area contributed by atoms with Gasteiger partial charge in [-0.3, -0.25) is 4.90 Å². The third-order valence-corrected chi connectivity index (χ3v) is 4.33. The van der Waals surface area contributed by atoms with Crippen molar-refractivity contribution in [1.29, 1.82) is 0 Å². The number of ether oxygens (including phenoxy) is 1. The Kier molecular flexibility index (Phi) is 4.79. The minimum atomic E-state index is 0.359. The fourth-order valence-corrected chi connectivity index (χ4v) is 3.23. The van der Waals surface area contributed by atoms with Gasteiger partial charge in [0.15, 0.2) is 0 Å². The molecule has 0 saturated carbocycles. The van der Waals surface area contributed by atoms with Gasteiger partial charge < -0.3 is 15.4 Å². The molecule has 0 aromatic heterocycles. The maximum Gasteiger partial charge on any atom is 0.0743 e. The first kappa shape index (κ1) is 13.3.